The molecule has 0 aliphatic carbocycles. The van der Waals surface area contributed by atoms with Crippen LogP contribution in [0.25, 0.3) is 11.3 Å². The van der Waals surface area contributed by atoms with Crippen LogP contribution in [0.3, 0.4) is 0 Å². The molecule has 0 fully saturated rings. The molecule has 0 amide bonds. The zero-order valence-electron chi connectivity index (χ0n) is 18.1. The maximum Gasteiger partial charge on any atom is 0.573 e. The lowest BCUT2D eigenvalue weighted by atomic mass is 10.1. The molecule has 0 radical (unpaired) electrons. The van der Waals surface area contributed by atoms with Gasteiger partial charge in [0, 0.05) is 35.8 Å². The van der Waals surface area contributed by atoms with Crippen molar-refractivity contribution >= 4 is 34.7 Å². The topological polar surface area (TPSA) is 105 Å². The summed E-state index contributed by atoms with van der Waals surface area (Å²) in [4.78, 5) is 21.5. The summed E-state index contributed by atoms with van der Waals surface area (Å²) >= 11 is 6.00. The number of nitrogens with zero attached hydrogens (tertiary/aromatic N) is 4. The highest BCUT2D eigenvalue weighted by atomic mass is 35.5. The Hall–Kier alpha value is -3.64. The van der Waals surface area contributed by atoms with E-state index in [1.165, 1.54) is 42.5 Å². The fraction of sp³-hybridized carbons (Fsp3) is 0.238. The van der Waals surface area contributed by atoms with Crippen molar-refractivity contribution in [3.8, 4) is 17.0 Å². The number of ether oxygens (including phenoxy) is 1. The summed E-state index contributed by atoms with van der Waals surface area (Å²) in [5.74, 6) is -0.0655. The van der Waals surface area contributed by atoms with Gasteiger partial charge in [-0.25, -0.2) is 4.98 Å². The first kappa shape index (κ1) is 25.0. The maximum absolute atomic E-state index is 12.6. The van der Waals surface area contributed by atoms with E-state index < -0.39 is 17.0 Å². The quantitative estimate of drug-likeness (QED) is 0.303. The fourth-order valence-corrected chi connectivity index (χ4v) is 3.06. The van der Waals surface area contributed by atoms with Gasteiger partial charge in [0.15, 0.2) is 0 Å². The maximum atomic E-state index is 12.6. The molecule has 0 saturated carbocycles. The third-order valence-corrected chi connectivity index (χ3v) is 4.58. The van der Waals surface area contributed by atoms with Crippen LogP contribution in [-0.2, 0) is 0 Å². The molecule has 3 aromatic rings. The third-order valence-electron chi connectivity index (χ3n) is 4.35. The van der Waals surface area contributed by atoms with E-state index in [0.29, 0.717) is 18.7 Å². The van der Waals surface area contributed by atoms with Crippen LogP contribution in [0.4, 0.5) is 36.3 Å². The summed E-state index contributed by atoms with van der Waals surface area (Å²) < 4.78 is 41.9. The zero-order chi connectivity index (χ0) is 24.9. The molecule has 0 aliphatic rings. The minimum absolute atomic E-state index is 0.0931. The monoisotopic (exact) mass is 496 g/mol. The summed E-state index contributed by atoms with van der Waals surface area (Å²) in [6, 6.07) is 10.8. The van der Waals surface area contributed by atoms with Crippen LogP contribution in [0, 0.1) is 10.1 Å². The Kier molecular flexibility index (Phi) is 7.74. The van der Waals surface area contributed by atoms with Crippen molar-refractivity contribution in [3.63, 3.8) is 0 Å². The van der Waals surface area contributed by atoms with Gasteiger partial charge in [0.25, 0.3) is 5.69 Å². The zero-order valence-corrected chi connectivity index (χ0v) is 18.8. The number of nitrogens with one attached hydrogen (secondary N) is 2. The SMILES string of the molecule is CN(C)CCNc1nc(Nc2cc(Cl)ccc2[N+](=O)[O-])cc(-c2cccc(OC(F)(F)F)c2)n1. The largest absolute Gasteiger partial charge is 0.573 e. The Bertz CT molecular complexity index is 1180. The van der Waals surface area contributed by atoms with Crippen LogP contribution >= 0.6 is 11.6 Å². The number of alkyl halides is 3. The van der Waals surface area contributed by atoms with Crippen molar-refractivity contribution in [2.75, 3.05) is 37.8 Å². The second-order valence-corrected chi connectivity index (χ2v) is 7.75. The number of anilines is 3. The molecule has 34 heavy (non-hydrogen) atoms. The highest BCUT2D eigenvalue weighted by molar-refractivity contribution is 6.31. The van der Waals surface area contributed by atoms with Crippen molar-refractivity contribution in [1.82, 2.24) is 14.9 Å². The van der Waals surface area contributed by atoms with Gasteiger partial charge in [0.1, 0.15) is 17.3 Å². The van der Waals surface area contributed by atoms with Crippen molar-refractivity contribution < 1.29 is 22.8 Å². The van der Waals surface area contributed by atoms with Gasteiger partial charge in [0.2, 0.25) is 5.95 Å². The lowest BCUT2D eigenvalue weighted by Crippen LogP contribution is -2.21. The first-order valence-electron chi connectivity index (χ1n) is 9.85. The van der Waals surface area contributed by atoms with Gasteiger partial charge < -0.3 is 20.3 Å². The van der Waals surface area contributed by atoms with Crippen molar-refractivity contribution in [1.29, 1.82) is 0 Å². The van der Waals surface area contributed by atoms with Crippen LogP contribution in [0.5, 0.6) is 5.75 Å². The smallest absolute Gasteiger partial charge is 0.406 e. The summed E-state index contributed by atoms with van der Waals surface area (Å²) in [5, 5.41) is 17.6. The van der Waals surface area contributed by atoms with Gasteiger partial charge in [-0.2, -0.15) is 4.98 Å². The predicted octanol–water partition coefficient (Wildman–Crippen LogP) is 5.32. The molecule has 13 heteroatoms. The van der Waals surface area contributed by atoms with Gasteiger partial charge in [-0.05, 0) is 38.4 Å². The van der Waals surface area contributed by atoms with E-state index in [1.807, 2.05) is 19.0 Å². The molecule has 2 aromatic carbocycles. The van der Waals surface area contributed by atoms with Crippen molar-refractivity contribution in [3.05, 3.63) is 63.7 Å². The van der Waals surface area contributed by atoms with E-state index in [-0.39, 0.29) is 33.9 Å². The number of halogens is 4. The Morgan fingerprint density at radius 3 is 2.59 bits per heavy atom. The van der Waals surface area contributed by atoms with E-state index in [0.717, 1.165) is 0 Å². The Balaban J connectivity index is 2.01. The lowest BCUT2D eigenvalue weighted by molar-refractivity contribution is -0.383. The number of hydrogen-bond donors (Lipinski definition) is 2. The second kappa shape index (κ2) is 10.5. The Morgan fingerprint density at radius 2 is 1.91 bits per heavy atom. The molecule has 0 unspecified atom stereocenters. The van der Waals surface area contributed by atoms with E-state index in [9.17, 15) is 23.3 Å². The van der Waals surface area contributed by atoms with E-state index in [2.05, 4.69) is 25.3 Å². The number of rotatable bonds is 9. The van der Waals surface area contributed by atoms with Crippen LogP contribution in [0.1, 0.15) is 0 Å². The molecule has 9 nitrogen and oxygen atoms in total. The van der Waals surface area contributed by atoms with Crippen molar-refractivity contribution in [2.45, 2.75) is 6.36 Å². The summed E-state index contributed by atoms with van der Waals surface area (Å²) in [6.45, 7) is 1.13. The van der Waals surface area contributed by atoms with Crippen LogP contribution < -0.4 is 15.4 Å². The number of aromatic nitrogens is 2. The molecule has 1 heterocycles. The minimum atomic E-state index is -4.85. The van der Waals surface area contributed by atoms with Crippen LogP contribution in [-0.4, -0.2) is 53.3 Å². The van der Waals surface area contributed by atoms with Gasteiger partial charge in [-0.1, -0.05) is 23.7 Å². The predicted molar refractivity (Wildman–Crippen MR) is 123 cm³/mol. The molecule has 0 spiro atoms. The van der Waals surface area contributed by atoms with Crippen LogP contribution in [0.15, 0.2) is 48.5 Å². The first-order valence-corrected chi connectivity index (χ1v) is 10.2. The van der Waals surface area contributed by atoms with Crippen molar-refractivity contribution in [2.24, 2.45) is 0 Å². The summed E-state index contributed by atoms with van der Waals surface area (Å²) in [7, 11) is 3.77. The molecule has 180 valence electrons. The molecular formula is C21H20ClF3N6O3. The number of hydrogen-bond acceptors (Lipinski definition) is 8. The van der Waals surface area contributed by atoms with Gasteiger partial charge in [-0.3, -0.25) is 10.1 Å². The molecule has 0 bridgehead atoms. The molecule has 0 atom stereocenters. The normalized spacial score (nSPS) is 11.4. The third kappa shape index (κ3) is 7.18. The summed E-state index contributed by atoms with van der Waals surface area (Å²) in [5.41, 5.74) is 0.452. The van der Waals surface area contributed by atoms with Gasteiger partial charge >= 0.3 is 6.36 Å². The van der Waals surface area contributed by atoms with Gasteiger partial charge in [-0.15, -0.1) is 13.2 Å². The van der Waals surface area contributed by atoms with Gasteiger partial charge in [0.05, 0.1) is 10.6 Å². The highest BCUT2D eigenvalue weighted by Gasteiger charge is 2.31. The lowest BCUT2D eigenvalue weighted by Gasteiger charge is -2.14. The Labute approximate surface area is 197 Å². The average Bonchev–Trinajstić information content (AvgIpc) is 2.72. The van der Waals surface area contributed by atoms with E-state index >= 15 is 0 Å². The molecule has 1 aromatic heterocycles. The molecule has 0 aliphatic heterocycles. The standard InChI is InChI=1S/C21H20ClF3N6O3/c1-30(2)9-8-26-20-28-16(13-4-3-5-15(10-13)34-21(23,24)25)12-19(29-20)27-17-11-14(22)6-7-18(17)31(32)33/h3-7,10-12H,8-9H2,1-2H3,(H2,26,27,28,29). The average molecular weight is 497 g/mol. The second-order valence-electron chi connectivity index (χ2n) is 7.31. The van der Waals surface area contributed by atoms with Crippen LogP contribution in [0.2, 0.25) is 5.02 Å². The first-order chi connectivity index (χ1) is 16.0. The fourth-order valence-electron chi connectivity index (χ4n) is 2.89. The molecular weight excluding hydrogens is 477 g/mol. The number of likely N-dealkylation sites (N-methyl/N-ethyl adjacent to an activating group) is 1. The number of nitro benzene ring substituents is 1. The number of benzene rings is 2. The van der Waals surface area contributed by atoms with E-state index in [1.54, 1.807) is 6.07 Å². The van der Waals surface area contributed by atoms with E-state index in [4.69, 9.17) is 11.6 Å². The molecule has 3 rings (SSSR count). The molecule has 0 saturated heterocycles. The minimum Gasteiger partial charge on any atom is -0.406 e. The highest BCUT2D eigenvalue weighted by Crippen LogP contribution is 2.32. The molecule has 2 N–H and O–H groups in total. The summed E-state index contributed by atoms with van der Waals surface area (Å²) in [6.07, 6.45) is -4.85. The Morgan fingerprint density at radius 1 is 1.15 bits per heavy atom. The number of nitro groups is 1.